The predicted molar refractivity (Wildman–Crippen MR) is 86.6 cm³/mol. The maximum atomic E-state index is 13.7. The summed E-state index contributed by atoms with van der Waals surface area (Å²) in [6.45, 7) is 6.57. The third kappa shape index (κ3) is 4.99. The van der Waals surface area contributed by atoms with Gasteiger partial charge < -0.3 is 10.1 Å². The largest absolute Gasteiger partial charge is 0.485 e. The van der Waals surface area contributed by atoms with Crippen molar-refractivity contribution in [2.45, 2.75) is 27.0 Å². The zero-order valence-electron chi connectivity index (χ0n) is 12.2. The highest BCUT2D eigenvalue weighted by molar-refractivity contribution is 7.11. The molecule has 1 aromatic carbocycles. The van der Waals surface area contributed by atoms with Crippen molar-refractivity contribution in [3.8, 4) is 5.75 Å². The van der Waals surface area contributed by atoms with Crippen molar-refractivity contribution in [2.75, 3.05) is 6.54 Å². The first-order chi connectivity index (χ1) is 10.1. The topological polar surface area (TPSA) is 21.3 Å². The summed E-state index contributed by atoms with van der Waals surface area (Å²) in [4.78, 5) is 2.32. The van der Waals surface area contributed by atoms with Gasteiger partial charge in [0.2, 0.25) is 0 Å². The highest BCUT2D eigenvalue weighted by Gasteiger charge is 2.08. The average molecular weight is 328 g/mol. The van der Waals surface area contributed by atoms with E-state index in [1.807, 2.05) is 6.07 Å². The Bertz CT molecular complexity index is 585. The fourth-order valence-electron chi connectivity index (χ4n) is 1.82. The van der Waals surface area contributed by atoms with Crippen LogP contribution in [0.2, 0.25) is 5.02 Å². The van der Waals surface area contributed by atoms with Crippen LogP contribution in [0.3, 0.4) is 0 Å². The van der Waals surface area contributed by atoms with Gasteiger partial charge in [-0.15, -0.1) is 11.3 Å². The van der Waals surface area contributed by atoms with Crippen LogP contribution in [0, 0.1) is 11.7 Å². The van der Waals surface area contributed by atoms with Crippen LogP contribution in [-0.4, -0.2) is 6.54 Å². The molecule has 0 aliphatic carbocycles. The fourth-order valence-corrected chi connectivity index (χ4v) is 2.89. The predicted octanol–water partition coefficient (Wildman–Crippen LogP) is 4.87. The zero-order valence-corrected chi connectivity index (χ0v) is 13.7. The molecular weight excluding hydrogens is 309 g/mol. The molecule has 2 aromatic rings. The summed E-state index contributed by atoms with van der Waals surface area (Å²) in [7, 11) is 0. The number of ether oxygens (including phenoxy) is 1. The Balaban J connectivity index is 1.86. The monoisotopic (exact) mass is 327 g/mol. The number of rotatable bonds is 7. The highest BCUT2D eigenvalue weighted by atomic mass is 35.5. The van der Waals surface area contributed by atoms with Crippen LogP contribution < -0.4 is 10.1 Å². The quantitative estimate of drug-likeness (QED) is 0.783. The maximum absolute atomic E-state index is 13.7. The van der Waals surface area contributed by atoms with Crippen molar-refractivity contribution in [1.82, 2.24) is 5.32 Å². The van der Waals surface area contributed by atoms with Gasteiger partial charge in [0.05, 0.1) is 5.02 Å². The SMILES string of the molecule is CC(C)CNCc1ccc(COc2cccc(Cl)c2F)s1. The summed E-state index contributed by atoms with van der Waals surface area (Å²) in [6, 6.07) is 8.86. The number of nitrogens with one attached hydrogen (secondary N) is 1. The Morgan fingerprint density at radius 2 is 2.00 bits per heavy atom. The summed E-state index contributed by atoms with van der Waals surface area (Å²) in [5, 5.41) is 3.48. The molecule has 114 valence electrons. The molecule has 0 fully saturated rings. The molecule has 2 rings (SSSR count). The number of thiophene rings is 1. The molecule has 0 saturated carbocycles. The van der Waals surface area contributed by atoms with Gasteiger partial charge >= 0.3 is 0 Å². The van der Waals surface area contributed by atoms with Gasteiger partial charge in [0.25, 0.3) is 0 Å². The van der Waals surface area contributed by atoms with Crippen molar-refractivity contribution in [1.29, 1.82) is 0 Å². The molecule has 1 N–H and O–H groups in total. The van der Waals surface area contributed by atoms with E-state index in [9.17, 15) is 4.39 Å². The Morgan fingerprint density at radius 1 is 1.24 bits per heavy atom. The number of hydrogen-bond donors (Lipinski definition) is 1. The molecule has 0 atom stereocenters. The first-order valence-electron chi connectivity index (χ1n) is 6.91. The van der Waals surface area contributed by atoms with Crippen LogP contribution in [0.5, 0.6) is 5.75 Å². The summed E-state index contributed by atoms with van der Waals surface area (Å²) in [5.41, 5.74) is 0. The van der Waals surface area contributed by atoms with Crippen molar-refractivity contribution in [2.24, 2.45) is 5.92 Å². The first-order valence-corrected chi connectivity index (χ1v) is 8.11. The first kappa shape index (κ1) is 16.3. The van der Waals surface area contributed by atoms with Gasteiger partial charge in [-0.1, -0.05) is 31.5 Å². The van der Waals surface area contributed by atoms with Crippen LogP contribution >= 0.6 is 22.9 Å². The second kappa shape index (κ2) is 7.78. The molecule has 0 aliphatic heterocycles. The molecule has 0 aliphatic rings. The van der Waals surface area contributed by atoms with Crippen LogP contribution in [0.4, 0.5) is 4.39 Å². The van der Waals surface area contributed by atoms with E-state index >= 15 is 0 Å². The summed E-state index contributed by atoms with van der Waals surface area (Å²) < 4.78 is 19.2. The minimum Gasteiger partial charge on any atom is -0.485 e. The van der Waals surface area contributed by atoms with Crippen LogP contribution in [0.25, 0.3) is 0 Å². The number of halogens is 2. The van der Waals surface area contributed by atoms with E-state index in [1.165, 1.54) is 10.9 Å². The lowest BCUT2D eigenvalue weighted by Gasteiger charge is -2.07. The molecule has 0 amide bonds. The molecule has 0 radical (unpaired) electrons. The highest BCUT2D eigenvalue weighted by Crippen LogP contribution is 2.26. The molecular formula is C16H19ClFNOS. The van der Waals surface area contributed by atoms with E-state index in [1.54, 1.807) is 23.5 Å². The number of hydrogen-bond acceptors (Lipinski definition) is 3. The second-order valence-electron chi connectivity index (χ2n) is 5.23. The summed E-state index contributed by atoms with van der Waals surface area (Å²) >= 11 is 7.39. The van der Waals surface area contributed by atoms with E-state index < -0.39 is 5.82 Å². The van der Waals surface area contributed by atoms with E-state index in [2.05, 4.69) is 25.2 Å². The van der Waals surface area contributed by atoms with Crippen LogP contribution in [0.1, 0.15) is 23.6 Å². The Kier molecular flexibility index (Phi) is 6.03. The van der Waals surface area contributed by atoms with Crippen LogP contribution in [0.15, 0.2) is 30.3 Å². The van der Waals surface area contributed by atoms with Gasteiger partial charge in [0.15, 0.2) is 11.6 Å². The van der Waals surface area contributed by atoms with Gasteiger partial charge in [-0.05, 0) is 36.7 Å². The Morgan fingerprint density at radius 3 is 2.76 bits per heavy atom. The maximum Gasteiger partial charge on any atom is 0.183 e. The van der Waals surface area contributed by atoms with Crippen LogP contribution in [-0.2, 0) is 13.2 Å². The van der Waals surface area contributed by atoms with Gasteiger partial charge in [-0.2, -0.15) is 0 Å². The second-order valence-corrected chi connectivity index (χ2v) is 6.89. The van der Waals surface area contributed by atoms with Gasteiger partial charge in [0, 0.05) is 16.3 Å². The lowest BCUT2D eigenvalue weighted by Crippen LogP contribution is -2.18. The zero-order chi connectivity index (χ0) is 15.2. The van der Waals surface area contributed by atoms with Gasteiger partial charge in [-0.25, -0.2) is 4.39 Å². The fraction of sp³-hybridized carbons (Fsp3) is 0.375. The molecule has 2 nitrogen and oxygen atoms in total. The lowest BCUT2D eigenvalue weighted by molar-refractivity contribution is 0.293. The molecule has 0 bridgehead atoms. The van der Waals surface area contributed by atoms with Crippen molar-refractivity contribution < 1.29 is 9.13 Å². The van der Waals surface area contributed by atoms with E-state index in [0.717, 1.165) is 18.0 Å². The normalized spacial score (nSPS) is 11.1. The van der Waals surface area contributed by atoms with E-state index in [-0.39, 0.29) is 10.8 Å². The Labute approximate surface area is 133 Å². The lowest BCUT2D eigenvalue weighted by atomic mass is 10.2. The average Bonchev–Trinajstić information content (AvgIpc) is 2.88. The molecule has 1 heterocycles. The Hall–Kier alpha value is -1.10. The van der Waals surface area contributed by atoms with E-state index in [0.29, 0.717) is 12.5 Å². The third-order valence-corrected chi connectivity index (χ3v) is 4.21. The summed E-state index contributed by atoms with van der Waals surface area (Å²) in [6.07, 6.45) is 0. The van der Waals surface area contributed by atoms with Crippen molar-refractivity contribution >= 4 is 22.9 Å². The van der Waals surface area contributed by atoms with Gasteiger partial charge in [-0.3, -0.25) is 0 Å². The molecule has 0 saturated heterocycles. The minimum absolute atomic E-state index is 0.0808. The molecule has 21 heavy (non-hydrogen) atoms. The van der Waals surface area contributed by atoms with E-state index in [4.69, 9.17) is 16.3 Å². The molecule has 5 heteroatoms. The van der Waals surface area contributed by atoms with Gasteiger partial charge in [0.1, 0.15) is 6.61 Å². The number of benzene rings is 1. The molecule has 0 spiro atoms. The standard InChI is InChI=1S/C16H19ClFNOS/c1-11(2)8-19-9-12-6-7-13(21-12)10-20-15-5-3-4-14(17)16(15)18/h3-7,11,19H,8-10H2,1-2H3. The third-order valence-electron chi connectivity index (χ3n) is 2.86. The smallest absolute Gasteiger partial charge is 0.183 e. The molecule has 1 aromatic heterocycles. The summed E-state index contributed by atoms with van der Waals surface area (Å²) in [5.74, 6) is 0.323. The molecule has 0 unspecified atom stereocenters. The van der Waals surface area contributed by atoms with Crippen molar-refractivity contribution in [3.05, 3.63) is 50.9 Å². The minimum atomic E-state index is -0.505. The van der Waals surface area contributed by atoms with Crippen molar-refractivity contribution in [3.63, 3.8) is 0 Å².